The molecule has 0 spiro atoms. The fraction of sp³-hybridized carbons (Fsp3) is 0.500. The van der Waals surface area contributed by atoms with Gasteiger partial charge in [0.2, 0.25) is 0 Å². The minimum atomic E-state index is -0.688. The summed E-state index contributed by atoms with van der Waals surface area (Å²) in [5.74, 6) is 0. The zero-order chi connectivity index (χ0) is 12.8. The van der Waals surface area contributed by atoms with Gasteiger partial charge in [0.05, 0.1) is 11.0 Å². The highest BCUT2D eigenvalue weighted by Crippen LogP contribution is 2.19. The molecule has 0 radical (unpaired) electrons. The minimum absolute atomic E-state index is 0.0136. The number of benzene rings is 1. The first-order valence-corrected chi connectivity index (χ1v) is 5.65. The topological polar surface area (TPSA) is 66.6 Å². The lowest BCUT2D eigenvalue weighted by Crippen LogP contribution is -2.25. The Kier molecular flexibility index (Phi) is 5.06. The van der Waals surface area contributed by atoms with Crippen LogP contribution in [0.4, 0.5) is 5.69 Å². The maximum atomic E-state index is 10.6. The average Bonchev–Trinajstić information content (AvgIpc) is 2.29. The number of nitro benzene ring substituents is 1. The highest BCUT2D eigenvalue weighted by Gasteiger charge is 2.13. The van der Waals surface area contributed by atoms with E-state index < -0.39 is 11.0 Å². The third-order valence-corrected chi connectivity index (χ3v) is 2.56. The molecule has 1 aromatic carbocycles. The number of aliphatic hydroxyl groups is 1. The SMILES string of the molecule is CCCN(C)CC(O)c1cccc([N+](=O)[O-])c1. The molecule has 5 heteroatoms. The second-order valence-electron chi connectivity index (χ2n) is 4.13. The molecule has 0 saturated carbocycles. The van der Waals surface area contributed by atoms with Crippen molar-refractivity contribution in [1.82, 2.24) is 4.90 Å². The normalized spacial score (nSPS) is 12.7. The van der Waals surface area contributed by atoms with Crippen LogP contribution in [0.3, 0.4) is 0 Å². The first-order valence-electron chi connectivity index (χ1n) is 5.65. The summed E-state index contributed by atoms with van der Waals surface area (Å²) in [6, 6.07) is 6.14. The number of rotatable bonds is 6. The van der Waals surface area contributed by atoms with Crippen molar-refractivity contribution in [3.63, 3.8) is 0 Å². The van der Waals surface area contributed by atoms with E-state index in [0.29, 0.717) is 12.1 Å². The Hall–Kier alpha value is -1.46. The van der Waals surface area contributed by atoms with Crippen LogP contribution in [-0.4, -0.2) is 35.1 Å². The third-order valence-electron chi connectivity index (χ3n) is 2.56. The molecule has 17 heavy (non-hydrogen) atoms. The first-order chi connectivity index (χ1) is 8.04. The third kappa shape index (κ3) is 4.13. The molecule has 1 atom stereocenters. The lowest BCUT2D eigenvalue weighted by Gasteiger charge is -2.19. The average molecular weight is 238 g/mol. The summed E-state index contributed by atoms with van der Waals surface area (Å²) >= 11 is 0. The highest BCUT2D eigenvalue weighted by molar-refractivity contribution is 5.35. The zero-order valence-electron chi connectivity index (χ0n) is 10.2. The van der Waals surface area contributed by atoms with Gasteiger partial charge in [-0.25, -0.2) is 0 Å². The molecule has 1 unspecified atom stereocenters. The van der Waals surface area contributed by atoms with E-state index in [-0.39, 0.29) is 5.69 Å². The molecule has 0 bridgehead atoms. The molecule has 0 aliphatic rings. The number of aliphatic hydroxyl groups excluding tert-OH is 1. The van der Waals surface area contributed by atoms with Crippen molar-refractivity contribution in [1.29, 1.82) is 0 Å². The quantitative estimate of drug-likeness (QED) is 0.607. The molecule has 0 aromatic heterocycles. The van der Waals surface area contributed by atoms with E-state index in [1.807, 2.05) is 11.9 Å². The van der Waals surface area contributed by atoms with E-state index in [0.717, 1.165) is 13.0 Å². The Balaban J connectivity index is 2.71. The van der Waals surface area contributed by atoms with Crippen molar-refractivity contribution in [3.8, 4) is 0 Å². The van der Waals surface area contributed by atoms with Crippen LogP contribution < -0.4 is 0 Å². The zero-order valence-corrected chi connectivity index (χ0v) is 10.2. The molecule has 0 aliphatic heterocycles. The highest BCUT2D eigenvalue weighted by atomic mass is 16.6. The number of likely N-dealkylation sites (N-methyl/N-ethyl adjacent to an activating group) is 1. The molecule has 0 saturated heterocycles. The Morgan fingerprint density at radius 2 is 2.24 bits per heavy atom. The standard InChI is InChI=1S/C12H18N2O3/c1-3-7-13(2)9-12(15)10-5-4-6-11(8-10)14(16)17/h4-6,8,12,15H,3,7,9H2,1-2H3. The van der Waals surface area contributed by atoms with Gasteiger partial charge in [-0.15, -0.1) is 0 Å². The summed E-state index contributed by atoms with van der Waals surface area (Å²) in [6.45, 7) is 3.44. The van der Waals surface area contributed by atoms with Gasteiger partial charge in [-0.3, -0.25) is 10.1 Å². The summed E-state index contributed by atoms with van der Waals surface area (Å²) in [5, 5.41) is 20.6. The monoisotopic (exact) mass is 238 g/mol. The van der Waals surface area contributed by atoms with Crippen LogP contribution in [0.15, 0.2) is 24.3 Å². The molecule has 0 heterocycles. The molecular formula is C12H18N2O3. The maximum Gasteiger partial charge on any atom is 0.269 e. The largest absolute Gasteiger partial charge is 0.387 e. The van der Waals surface area contributed by atoms with Crippen LogP contribution in [0.25, 0.3) is 0 Å². The van der Waals surface area contributed by atoms with Crippen molar-refractivity contribution < 1.29 is 10.0 Å². The number of non-ortho nitro benzene ring substituents is 1. The molecule has 1 aromatic rings. The van der Waals surface area contributed by atoms with Gasteiger partial charge in [0.1, 0.15) is 0 Å². The Labute approximate surface area is 101 Å². The lowest BCUT2D eigenvalue weighted by molar-refractivity contribution is -0.385. The number of hydrogen-bond donors (Lipinski definition) is 1. The Bertz CT molecular complexity index is 382. The van der Waals surface area contributed by atoms with Crippen LogP contribution >= 0.6 is 0 Å². The van der Waals surface area contributed by atoms with Crippen LogP contribution in [0.5, 0.6) is 0 Å². The lowest BCUT2D eigenvalue weighted by atomic mass is 10.1. The predicted octanol–water partition coefficient (Wildman–Crippen LogP) is 1.97. The van der Waals surface area contributed by atoms with Gasteiger partial charge in [0.15, 0.2) is 0 Å². The van der Waals surface area contributed by atoms with Gasteiger partial charge in [-0.2, -0.15) is 0 Å². The Morgan fingerprint density at radius 3 is 2.82 bits per heavy atom. The molecular weight excluding hydrogens is 220 g/mol. The van der Waals surface area contributed by atoms with E-state index in [2.05, 4.69) is 6.92 Å². The van der Waals surface area contributed by atoms with E-state index in [1.165, 1.54) is 12.1 Å². The smallest absolute Gasteiger partial charge is 0.269 e. The number of hydrogen-bond acceptors (Lipinski definition) is 4. The molecule has 1 N–H and O–H groups in total. The van der Waals surface area contributed by atoms with Crippen molar-refractivity contribution >= 4 is 5.69 Å². The van der Waals surface area contributed by atoms with Crippen molar-refractivity contribution in [3.05, 3.63) is 39.9 Å². The molecule has 5 nitrogen and oxygen atoms in total. The van der Waals surface area contributed by atoms with Crippen molar-refractivity contribution in [2.45, 2.75) is 19.4 Å². The number of nitro groups is 1. The van der Waals surface area contributed by atoms with Gasteiger partial charge in [-0.1, -0.05) is 19.1 Å². The van der Waals surface area contributed by atoms with Gasteiger partial charge >= 0.3 is 0 Å². The summed E-state index contributed by atoms with van der Waals surface area (Å²) in [4.78, 5) is 12.2. The van der Waals surface area contributed by atoms with Crippen molar-refractivity contribution in [2.75, 3.05) is 20.1 Å². The van der Waals surface area contributed by atoms with E-state index in [4.69, 9.17) is 0 Å². The molecule has 1 rings (SSSR count). The Morgan fingerprint density at radius 1 is 1.53 bits per heavy atom. The molecule has 0 amide bonds. The van der Waals surface area contributed by atoms with E-state index in [1.54, 1.807) is 12.1 Å². The summed E-state index contributed by atoms with van der Waals surface area (Å²) in [5.41, 5.74) is 0.599. The summed E-state index contributed by atoms with van der Waals surface area (Å²) in [7, 11) is 1.92. The van der Waals surface area contributed by atoms with Gasteiger partial charge < -0.3 is 10.0 Å². The van der Waals surface area contributed by atoms with Gasteiger partial charge in [0, 0.05) is 18.7 Å². The second-order valence-corrected chi connectivity index (χ2v) is 4.13. The van der Waals surface area contributed by atoms with Crippen LogP contribution in [0, 0.1) is 10.1 Å². The molecule has 94 valence electrons. The molecule has 0 fully saturated rings. The van der Waals surface area contributed by atoms with Gasteiger partial charge in [0.25, 0.3) is 5.69 Å². The van der Waals surface area contributed by atoms with Crippen LogP contribution in [0.1, 0.15) is 25.0 Å². The van der Waals surface area contributed by atoms with E-state index in [9.17, 15) is 15.2 Å². The van der Waals surface area contributed by atoms with Crippen molar-refractivity contribution in [2.24, 2.45) is 0 Å². The minimum Gasteiger partial charge on any atom is -0.387 e. The van der Waals surface area contributed by atoms with Crippen LogP contribution in [0.2, 0.25) is 0 Å². The first kappa shape index (κ1) is 13.6. The predicted molar refractivity (Wildman–Crippen MR) is 65.8 cm³/mol. The fourth-order valence-corrected chi connectivity index (χ4v) is 1.72. The number of nitrogens with zero attached hydrogens (tertiary/aromatic N) is 2. The van der Waals surface area contributed by atoms with Gasteiger partial charge in [-0.05, 0) is 25.6 Å². The summed E-state index contributed by atoms with van der Waals surface area (Å²) in [6.07, 6.45) is 0.324. The van der Waals surface area contributed by atoms with E-state index >= 15 is 0 Å². The molecule has 0 aliphatic carbocycles. The fourth-order valence-electron chi connectivity index (χ4n) is 1.72. The summed E-state index contributed by atoms with van der Waals surface area (Å²) < 4.78 is 0. The maximum absolute atomic E-state index is 10.6. The second kappa shape index (κ2) is 6.32. The van der Waals surface area contributed by atoms with Crippen LogP contribution in [-0.2, 0) is 0 Å².